The molecular formula is C17H26FNO. The van der Waals surface area contributed by atoms with Gasteiger partial charge in [-0.25, -0.2) is 4.39 Å². The van der Waals surface area contributed by atoms with E-state index in [1.54, 1.807) is 19.2 Å². The Hall–Kier alpha value is -1.09. The third kappa shape index (κ3) is 2.22. The molecule has 2 nitrogen and oxygen atoms in total. The summed E-state index contributed by atoms with van der Waals surface area (Å²) >= 11 is 0. The smallest absolute Gasteiger partial charge is 0.130 e. The lowest BCUT2D eigenvalue weighted by atomic mass is 9.51. The fourth-order valence-corrected chi connectivity index (χ4v) is 3.99. The van der Waals surface area contributed by atoms with Crippen LogP contribution in [0.25, 0.3) is 0 Å². The lowest BCUT2D eigenvalue weighted by Gasteiger charge is -2.56. The molecule has 0 spiro atoms. The summed E-state index contributed by atoms with van der Waals surface area (Å²) in [5.41, 5.74) is 0.915. The highest BCUT2D eigenvalue weighted by Crippen LogP contribution is 2.59. The molecule has 0 amide bonds. The Morgan fingerprint density at radius 2 is 2.00 bits per heavy atom. The van der Waals surface area contributed by atoms with Crippen LogP contribution in [-0.2, 0) is 0 Å². The summed E-state index contributed by atoms with van der Waals surface area (Å²) < 4.78 is 19.7. The van der Waals surface area contributed by atoms with E-state index in [9.17, 15) is 4.39 Å². The van der Waals surface area contributed by atoms with Crippen LogP contribution in [0, 0.1) is 11.2 Å². The first-order chi connectivity index (χ1) is 9.64. The van der Waals surface area contributed by atoms with Gasteiger partial charge < -0.3 is 10.1 Å². The van der Waals surface area contributed by atoms with Gasteiger partial charge in [-0.2, -0.15) is 0 Å². The van der Waals surface area contributed by atoms with E-state index in [1.807, 2.05) is 6.07 Å². The van der Waals surface area contributed by atoms with E-state index in [1.165, 1.54) is 0 Å². The van der Waals surface area contributed by atoms with Gasteiger partial charge in [-0.1, -0.05) is 26.8 Å². The summed E-state index contributed by atoms with van der Waals surface area (Å²) in [5.74, 6) is 0.810. The minimum Gasteiger partial charge on any atom is -0.496 e. The van der Waals surface area contributed by atoms with Crippen LogP contribution in [-0.4, -0.2) is 19.7 Å². The maximum atomic E-state index is 14.3. The maximum Gasteiger partial charge on any atom is 0.130 e. The van der Waals surface area contributed by atoms with E-state index < -0.39 is 0 Å². The lowest BCUT2D eigenvalue weighted by Crippen LogP contribution is -2.58. The van der Waals surface area contributed by atoms with E-state index in [2.05, 4.69) is 26.1 Å². The van der Waals surface area contributed by atoms with Gasteiger partial charge in [0.1, 0.15) is 11.6 Å². The van der Waals surface area contributed by atoms with Crippen LogP contribution in [0.5, 0.6) is 5.75 Å². The molecule has 0 aliphatic heterocycles. The van der Waals surface area contributed by atoms with Gasteiger partial charge in [-0.15, -0.1) is 0 Å². The number of benzene rings is 1. The van der Waals surface area contributed by atoms with E-state index in [0.717, 1.165) is 31.4 Å². The molecule has 1 aliphatic rings. The SMILES string of the molecule is CCNC1CC(c2c(F)cccc2OC)C1(CC)CC. The second kappa shape index (κ2) is 6.13. The minimum atomic E-state index is -0.129. The van der Waals surface area contributed by atoms with E-state index in [4.69, 9.17) is 4.74 Å². The van der Waals surface area contributed by atoms with Crippen LogP contribution < -0.4 is 10.1 Å². The molecule has 1 aliphatic carbocycles. The number of halogens is 1. The van der Waals surface area contributed by atoms with Crippen LogP contribution in [0.4, 0.5) is 4.39 Å². The summed E-state index contributed by atoms with van der Waals surface area (Å²) in [5, 5.41) is 3.57. The average molecular weight is 279 g/mol. The number of hydrogen-bond donors (Lipinski definition) is 1. The van der Waals surface area contributed by atoms with Crippen LogP contribution in [0.2, 0.25) is 0 Å². The zero-order chi connectivity index (χ0) is 14.8. The number of methoxy groups -OCH3 is 1. The highest BCUT2D eigenvalue weighted by molar-refractivity contribution is 5.41. The zero-order valence-corrected chi connectivity index (χ0v) is 13.0. The predicted octanol–water partition coefficient (Wildman–Crippen LogP) is 4.11. The summed E-state index contributed by atoms with van der Waals surface area (Å²) in [7, 11) is 1.62. The Morgan fingerprint density at radius 3 is 2.55 bits per heavy atom. The first kappa shape index (κ1) is 15.3. The van der Waals surface area contributed by atoms with Crippen LogP contribution in [0.15, 0.2) is 18.2 Å². The molecule has 1 aromatic rings. The van der Waals surface area contributed by atoms with Crippen molar-refractivity contribution in [1.82, 2.24) is 5.32 Å². The Morgan fingerprint density at radius 1 is 1.30 bits per heavy atom. The molecule has 0 bridgehead atoms. The van der Waals surface area contributed by atoms with Crippen molar-refractivity contribution in [3.63, 3.8) is 0 Å². The molecule has 1 fully saturated rings. The lowest BCUT2D eigenvalue weighted by molar-refractivity contribution is 0.0180. The molecule has 112 valence electrons. The van der Waals surface area contributed by atoms with Gasteiger partial charge in [0.2, 0.25) is 0 Å². The van der Waals surface area contributed by atoms with Crippen molar-refractivity contribution in [1.29, 1.82) is 0 Å². The van der Waals surface area contributed by atoms with Crippen molar-refractivity contribution >= 4 is 0 Å². The van der Waals surface area contributed by atoms with Gasteiger partial charge in [-0.05, 0) is 49.3 Å². The normalized spacial score (nSPS) is 24.2. The molecule has 1 aromatic carbocycles. The highest BCUT2D eigenvalue weighted by atomic mass is 19.1. The van der Waals surface area contributed by atoms with Gasteiger partial charge >= 0.3 is 0 Å². The summed E-state index contributed by atoms with van der Waals surface area (Å²) in [4.78, 5) is 0. The second-order valence-electron chi connectivity index (χ2n) is 5.69. The third-order valence-electron chi connectivity index (χ3n) is 5.21. The first-order valence-corrected chi connectivity index (χ1v) is 7.70. The molecule has 3 heteroatoms. The van der Waals surface area contributed by atoms with Crippen molar-refractivity contribution < 1.29 is 9.13 Å². The van der Waals surface area contributed by atoms with Crippen molar-refractivity contribution in [3.8, 4) is 5.75 Å². The van der Waals surface area contributed by atoms with Crippen LogP contribution in [0.1, 0.15) is 51.5 Å². The molecule has 2 rings (SSSR count). The number of nitrogens with one attached hydrogen (secondary N) is 1. The van der Waals surface area contributed by atoms with E-state index in [-0.39, 0.29) is 17.2 Å². The Balaban J connectivity index is 2.39. The molecule has 0 radical (unpaired) electrons. The molecule has 1 saturated carbocycles. The van der Waals surface area contributed by atoms with Crippen LogP contribution >= 0.6 is 0 Å². The van der Waals surface area contributed by atoms with Crippen molar-refractivity contribution in [2.75, 3.05) is 13.7 Å². The van der Waals surface area contributed by atoms with E-state index >= 15 is 0 Å². The summed E-state index contributed by atoms with van der Waals surface area (Å²) in [6, 6.07) is 5.62. The Kier molecular flexibility index (Phi) is 4.69. The molecular weight excluding hydrogens is 253 g/mol. The largest absolute Gasteiger partial charge is 0.496 e. The van der Waals surface area contributed by atoms with Crippen LogP contribution in [0.3, 0.4) is 0 Å². The average Bonchev–Trinajstić information content (AvgIpc) is 2.45. The van der Waals surface area contributed by atoms with E-state index in [0.29, 0.717) is 11.8 Å². The first-order valence-electron chi connectivity index (χ1n) is 7.70. The molecule has 2 atom stereocenters. The second-order valence-corrected chi connectivity index (χ2v) is 5.69. The quantitative estimate of drug-likeness (QED) is 0.846. The van der Waals surface area contributed by atoms with Gasteiger partial charge in [0, 0.05) is 11.6 Å². The van der Waals surface area contributed by atoms with Gasteiger partial charge in [0.25, 0.3) is 0 Å². The predicted molar refractivity (Wildman–Crippen MR) is 80.8 cm³/mol. The molecule has 0 aromatic heterocycles. The fourth-order valence-electron chi connectivity index (χ4n) is 3.99. The van der Waals surface area contributed by atoms with Gasteiger partial charge in [0.15, 0.2) is 0 Å². The Labute approximate surface area is 121 Å². The van der Waals surface area contributed by atoms with Crippen molar-refractivity contribution in [2.24, 2.45) is 5.41 Å². The molecule has 20 heavy (non-hydrogen) atoms. The zero-order valence-electron chi connectivity index (χ0n) is 13.0. The monoisotopic (exact) mass is 279 g/mol. The number of rotatable bonds is 6. The number of ether oxygens (including phenoxy) is 1. The summed E-state index contributed by atoms with van der Waals surface area (Å²) in [6.45, 7) is 7.53. The summed E-state index contributed by atoms with van der Waals surface area (Å²) in [6.07, 6.45) is 3.11. The third-order valence-corrected chi connectivity index (χ3v) is 5.21. The molecule has 0 heterocycles. The fraction of sp³-hybridized carbons (Fsp3) is 0.647. The topological polar surface area (TPSA) is 21.3 Å². The number of hydrogen-bond acceptors (Lipinski definition) is 2. The van der Waals surface area contributed by atoms with Crippen molar-refractivity contribution in [2.45, 2.75) is 52.0 Å². The Bertz CT molecular complexity index is 456. The van der Waals surface area contributed by atoms with Gasteiger partial charge in [-0.3, -0.25) is 0 Å². The molecule has 1 N–H and O–H groups in total. The highest BCUT2D eigenvalue weighted by Gasteiger charge is 2.54. The standard InChI is InChI=1S/C17H26FNO/c1-5-17(6-2)12(11-15(17)19-7-3)16-13(18)9-8-10-14(16)20-4/h8-10,12,15,19H,5-7,11H2,1-4H3. The van der Waals surface area contributed by atoms with Gasteiger partial charge in [0.05, 0.1) is 7.11 Å². The molecule has 0 saturated heterocycles. The molecule has 2 unspecified atom stereocenters. The maximum absolute atomic E-state index is 14.3. The minimum absolute atomic E-state index is 0.129. The van der Waals surface area contributed by atoms with Crippen molar-refractivity contribution in [3.05, 3.63) is 29.6 Å².